The lowest BCUT2D eigenvalue weighted by atomic mass is 9.95. The monoisotopic (exact) mass is 441 g/mol. The van der Waals surface area contributed by atoms with Crippen LogP contribution in [0.25, 0.3) is 5.00 Å². The van der Waals surface area contributed by atoms with Crippen LogP contribution in [-0.4, -0.2) is 27.2 Å². The summed E-state index contributed by atoms with van der Waals surface area (Å²) in [6.45, 7) is 5.40. The maximum Gasteiger partial charge on any atom is 0.223 e. The summed E-state index contributed by atoms with van der Waals surface area (Å²) in [6, 6.07) is 7.93. The van der Waals surface area contributed by atoms with Crippen LogP contribution < -0.4 is 10.6 Å². The molecule has 1 aromatic carbocycles. The average molecular weight is 442 g/mol. The molecule has 0 spiro atoms. The molecule has 30 heavy (non-hydrogen) atoms. The van der Waals surface area contributed by atoms with Crippen molar-refractivity contribution in [2.24, 2.45) is 5.92 Å². The molecule has 0 bridgehead atoms. The standard InChI is InChI=1S/C22H24ClN5OS/c1-3-8-24-21(29)13-9-15-17(10-13)30-22-19(15)20(14-6-4-5-7-16(14)23)25-11-18-27-26-12(2)28(18)22/h4-7,13,20,25H,3,8-11H2,1-2H3,(H,24,29)/t13-,20-/m0/s1. The van der Waals surface area contributed by atoms with E-state index in [1.807, 2.05) is 25.1 Å². The van der Waals surface area contributed by atoms with Crippen molar-refractivity contribution >= 4 is 28.8 Å². The Balaban J connectivity index is 1.61. The van der Waals surface area contributed by atoms with Gasteiger partial charge in [0.25, 0.3) is 0 Å². The normalized spacial score (nSPS) is 19.7. The highest BCUT2D eigenvalue weighted by Crippen LogP contribution is 2.46. The molecule has 6 nitrogen and oxygen atoms in total. The number of aromatic nitrogens is 3. The van der Waals surface area contributed by atoms with Crippen LogP contribution in [0.4, 0.5) is 0 Å². The van der Waals surface area contributed by atoms with E-state index < -0.39 is 0 Å². The fourth-order valence-electron chi connectivity index (χ4n) is 4.54. The minimum absolute atomic E-state index is 0.000252. The number of hydrogen-bond donors (Lipinski definition) is 2. The molecule has 1 aliphatic carbocycles. The number of amides is 1. The minimum atomic E-state index is -0.0488. The van der Waals surface area contributed by atoms with Gasteiger partial charge in [-0.1, -0.05) is 36.7 Å². The van der Waals surface area contributed by atoms with Gasteiger partial charge in [-0.2, -0.15) is 0 Å². The van der Waals surface area contributed by atoms with Crippen molar-refractivity contribution in [2.75, 3.05) is 6.54 Å². The zero-order valence-corrected chi connectivity index (χ0v) is 18.6. The van der Waals surface area contributed by atoms with Gasteiger partial charge in [0.15, 0.2) is 5.82 Å². The zero-order valence-electron chi connectivity index (χ0n) is 17.0. The Morgan fingerprint density at radius 3 is 2.97 bits per heavy atom. The van der Waals surface area contributed by atoms with E-state index in [0.29, 0.717) is 6.54 Å². The number of nitrogens with one attached hydrogen (secondary N) is 2. The smallest absolute Gasteiger partial charge is 0.223 e. The summed E-state index contributed by atoms with van der Waals surface area (Å²) in [4.78, 5) is 13.9. The van der Waals surface area contributed by atoms with Crippen molar-refractivity contribution in [1.29, 1.82) is 0 Å². The van der Waals surface area contributed by atoms with Crippen LogP contribution in [0.15, 0.2) is 24.3 Å². The lowest BCUT2D eigenvalue weighted by molar-refractivity contribution is -0.124. The molecule has 2 aromatic heterocycles. The number of rotatable bonds is 4. The molecule has 0 saturated carbocycles. The minimum Gasteiger partial charge on any atom is -0.356 e. The number of carbonyl (C=O) groups is 1. The first-order valence-electron chi connectivity index (χ1n) is 10.4. The van der Waals surface area contributed by atoms with E-state index in [-0.39, 0.29) is 17.9 Å². The third-order valence-corrected chi connectivity index (χ3v) is 7.58. The van der Waals surface area contributed by atoms with E-state index in [0.717, 1.165) is 53.0 Å². The Kier molecular flexibility index (Phi) is 5.13. The zero-order chi connectivity index (χ0) is 20.8. The van der Waals surface area contributed by atoms with E-state index >= 15 is 0 Å². The number of hydrogen-bond acceptors (Lipinski definition) is 5. The summed E-state index contributed by atoms with van der Waals surface area (Å²) < 4.78 is 2.16. The van der Waals surface area contributed by atoms with Crippen molar-refractivity contribution in [3.63, 3.8) is 0 Å². The van der Waals surface area contributed by atoms with Crippen LogP contribution in [0.5, 0.6) is 0 Å². The van der Waals surface area contributed by atoms with Crippen molar-refractivity contribution in [3.05, 3.63) is 62.5 Å². The molecule has 156 valence electrons. The van der Waals surface area contributed by atoms with E-state index in [2.05, 4.69) is 38.4 Å². The molecule has 3 heterocycles. The molecule has 0 saturated heterocycles. The lowest BCUT2D eigenvalue weighted by Crippen LogP contribution is -2.31. The second-order valence-corrected chi connectivity index (χ2v) is 9.44. The van der Waals surface area contributed by atoms with Crippen LogP contribution in [0.1, 0.15) is 52.6 Å². The quantitative estimate of drug-likeness (QED) is 0.647. The molecule has 3 aromatic rings. The first kappa shape index (κ1) is 19.7. The summed E-state index contributed by atoms with van der Waals surface area (Å²) in [5, 5.41) is 17.3. The molecule has 1 aliphatic heterocycles. The van der Waals surface area contributed by atoms with Crippen LogP contribution >= 0.6 is 22.9 Å². The van der Waals surface area contributed by atoms with Gasteiger partial charge in [0, 0.05) is 27.9 Å². The van der Waals surface area contributed by atoms with Crippen LogP contribution in [0.2, 0.25) is 5.02 Å². The Labute approximate surface area is 184 Å². The number of aryl methyl sites for hydroxylation is 1. The fraction of sp³-hybridized carbons (Fsp3) is 0.409. The van der Waals surface area contributed by atoms with E-state index in [1.54, 1.807) is 11.3 Å². The van der Waals surface area contributed by atoms with Gasteiger partial charge in [-0.15, -0.1) is 21.5 Å². The molecule has 8 heteroatoms. The molecule has 2 atom stereocenters. The maximum absolute atomic E-state index is 12.7. The first-order chi connectivity index (χ1) is 14.6. The molecule has 1 amide bonds. The number of halogens is 1. The predicted octanol–water partition coefficient (Wildman–Crippen LogP) is 3.72. The second kappa shape index (κ2) is 7.80. The predicted molar refractivity (Wildman–Crippen MR) is 118 cm³/mol. The van der Waals surface area contributed by atoms with Gasteiger partial charge in [0.05, 0.1) is 12.6 Å². The van der Waals surface area contributed by atoms with E-state index in [9.17, 15) is 4.79 Å². The van der Waals surface area contributed by atoms with Crippen LogP contribution in [-0.2, 0) is 24.2 Å². The number of nitrogens with zero attached hydrogens (tertiary/aromatic N) is 3. The topological polar surface area (TPSA) is 71.8 Å². The van der Waals surface area contributed by atoms with Gasteiger partial charge < -0.3 is 5.32 Å². The molecule has 2 aliphatic rings. The summed E-state index contributed by atoms with van der Waals surface area (Å²) in [6.07, 6.45) is 2.49. The summed E-state index contributed by atoms with van der Waals surface area (Å²) in [5.74, 6) is 1.94. The van der Waals surface area contributed by atoms with Gasteiger partial charge in [0.1, 0.15) is 10.8 Å². The number of carbonyl (C=O) groups excluding carboxylic acids is 1. The van der Waals surface area contributed by atoms with Crippen LogP contribution in [0.3, 0.4) is 0 Å². The van der Waals surface area contributed by atoms with Crippen molar-refractivity contribution in [1.82, 2.24) is 25.4 Å². The van der Waals surface area contributed by atoms with Gasteiger partial charge in [-0.3, -0.25) is 14.7 Å². The first-order valence-corrected chi connectivity index (χ1v) is 11.6. The van der Waals surface area contributed by atoms with Crippen LogP contribution in [0, 0.1) is 12.8 Å². The SMILES string of the molecule is CCCNC(=O)[C@@H]1Cc2sc3c(c2C1)[C@H](c1ccccc1Cl)NCc1nnc(C)n1-3. The maximum atomic E-state index is 12.7. The highest BCUT2D eigenvalue weighted by Gasteiger charge is 2.38. The Morgan fingerprint density at radius 2 is 2.17 bits per heavy atom. The van der Waals surface area contributed by atoms with Crippen molar-refractivity contribution in [3.8, 4) is 5.00 Å². The molecule has 2 N–H and O–H groups in total. The van der Waals surface area contributed by atoms with Gasteiger partial charge >= 0.3 is 0 Å². The van der Waals surface area contributed by atoms with Gasteiger partial charge in [0.2, 0.25) is 5.91 Å². The summed E-state index contributed by atoms with van der Waals surface area (Å²) in [5.41, 5.74) is 3.55. The highest BCUT2D eigenvalue weighted by atomic mass is 35.5. The summed E-state index contributed by atoms with van der Waals surface area (Å²) >= 11 is 8.38. The Bertz CT molecular complexity index is 1120. The van der Waals surface area contributed by atoms with Gasteiger partial charge in [-0.25, -0.2) is 0 Å². The molecular weight excluding hydrogens is 418 g/mol. The molecule has 0 radical (unpaired) electrons. The number of thiophene rings is 1. The van der Waals surface area contributed by atoms with Crippen molar-refractivity contribution < 1.29 is 4.79 Å². The summed E-state index contributed by atoms with van der Waals surface area (Å²) in [7, 11) is 0. The lowest BCUT2D eigenvalue weighted by Gasteiger charge is -2.20. The molecule has 0 unspecified atom stereocenters. The van der Waals surface area contributed by atoms with E-state index in [1.165, 1.54) is 16.0 Å². The molecule has 0 fully saturated rings. The third-order valence-electron chi connectivity index (χ3n) is 5.98. The second-order valence-electron chi connectivity index (χ2n) is 7.95. The molecular formula is C22H24ClN5OS. The fourth-order valence-corrected chi connectivity index (χ4v) is 6.30. The number of benzene rings is 1. The Hall–Kier alpha value is -2.22. The van der Waals surface area contributed by atoms with Gasteiger partial charge in [-0.05, 0) is 43.4 Å². The molecule has 5 rings (SSSR count). The number of fused-ring (bicyclic) bond motifs is 5. The van der Waals surface area contributed by atoms with Crippen molar-refractivity contribution in [2.45, 2.75) is 45.7 Å². The Morgan fingerprint density at radius 1 is 1.33 bits per heavy atom. The average Bonchev–Trinajstić information content (AvgIpc) is 3.37. The third kappa shape index (κ3) is 3.16. The largest absolute Gasteiger partial charge is 0.356 e. The highest BCUT2D eigenvalue weighted by molar-refractivity contribution is 7.15. The van der Waals surface area contributed by atoms with E-state index in [4.69, 9.17) is 11.6 Å².